The highest BCUT2D eigenvalue weighted by molar-refractivity contribution is 8.16. The molecule has 2 unspecified atom stereocenters. The Morgan fingerprint density at radius 3 is 2.70 bits per heavy atom. The van der Waals surface area contributed by atoms with Crippen molar-refractivity contribution in [1.82, 2.24) is 4.90 Å². The highest BCUT2D eigenvalue weighted by Crippen LogP contribution is 2.44. The maximum Gasteiger partial charge on any atom is 0.335 e. The van der Waals surface area contributed by atoms with E-state index in [0.29, 0.717) is 6.54 Å². The van der Waals surface area contributed by atoms with Gasteiger partial charge in [-0.25, -0.2) is 4.79 Å². The van der Waals surface area contributed by atoms with Gasteiger partial charge in [0, 0.05) is 34.1 Å². The van der Waals surface area contributed by atoms with Gasteiger partial charge in [-0.3, -0.25) is 4.79 Å². The normalized spacial score (nSPS) is 26.7. The van der Waals surface area contributed by atoms with Crippen molar-refractivity contribution in [2.75, 3.05) is 10.8 Å². The van der Waals surface area contributed by atoms with Crippen molar-refractivity contribution in [3.8, 4) is 0 Å². The second-order valence-electron chi connectivity index (χ2n) is 6.65. The monoisotopic (exact) mass is 351 g/mol. The molecule has 1 aromatic rings. The summed E-state index contributed by atoms with van der Waals surface area (Å²) in [4.78, 5) is 25.7. The number of carboxylic acids is 1. The first-order chi connectivity index (χ1) is 10.9. The molecule has 0 spiro atoms. The van der Waals surface area contributed by atoms with E-state index in [1.165, 1.54) is 0 Å². The minimum Gasteiger partial charge on any atom is -0.478 e. The van der Waals surface area contributed by atoms with E-state index >= 15 is 0 Å². The van der Waals surface area contributed by atoms with Gasteiger partial charge in [0.05, 0.1) is 5.56 Å². The van der Waals surface area contributed by atoms with Crippen LogP contribution >= 0.6 is 23.5 Å². The highest BCUT2D eigenvalue weighted by Gasteiger charge is 2.47. The summed E-state index contributed by atoms with van der Waals surface area (Å²) >= 11 is 3.79. The summed E-state index contributed by atoms with van der Waals surface area (Å²) in [6.45, 7) is 5.02. The number of fused-ring (bicyclic) bond motifs is 2. The molecule has 0 aromatic heterocycles. The molecule has 2 aliphatic heterocycles. The summed E-state index contributed by atoms with van der Waals surface area (Å²) in [6.07, 6.45) is 0.930. The van der Waals surface area contributed by atoms with Crippen LogP contribution in [0.15, 0.2) is 24.3 Å². The lowest BCUT2D eigenvalue weighted by atomic mass is 9.97. The minimum atomic E-state index is -0.924. The van der Waals surface area contributed by atoms with E-state index in [0.717, 1.165) is 22.8 Å². The van der Waals surface area contributed by atoms with E-state index in [4.69, 9.17) is 5.11 Å². The number of amides is 1. The molecule has 1 amide bonds. The molecule has 2 saturated heterocycles. The Morgan fingerprint density at radius 1 is 1.35 bits per heavy atom. The van der Waals surface area contributed by atoms with Gasteiger partial charge in [0.2, 0.25) is 5.91 Å². The van der Waals surface area contributed by atoms with Gasteiger partial charge in [-0.05, 0) is 38.0 Å². The molecule has 1 aromatic carbocycles. The van der Waals surface area contributed by atoms with Gasteiger partial charge in [-0.1, -0.05) is 12.1 Å². The Bertz CT molecular complexity index is 615. The summed E-state index contributed by atoms with van der Waals surface area (Å²) in [7, 11) is 0. The second-order valence-corrected chi connectivity index (χ2v) is 9.68. The molecular formula is C17H21NO3S2. The van der Waals surface area contributed by atoms with Crippen LogP contribution in [-0.2, 0) is 11.3 Å². The highest BCUT2D eigenvalue weighted by atomic mass is 32.2. The standard InChI is InChI=1S/C17H21NO3S2/c1-17(2)14-7-13(9-22-10-23-17)15(19)18(14)8-11-3-5-12(6-4-11)16(20)21/h3-6,13-14H,7-10H2,1-2H3,(H,20,21). The summed E-state index contributed by atoms with van der Waals surface area (Å²) in [5.41, 5.74) is 1.27. The number of nitrogens with zero attached hydrogens (tertiary/aromatic N) is 1. The van der Waals surface area contributed by atoms with Crippen LogP contribution in [0.1, 0.15) is 36.2 Å². The maximum absolute atomic E-state index is 12.8. The second kappa shape index (κ2) is 6.40. The average Bonchev–Trinajstić information content (AvgIpc) is 2.82. The molecule has 0 aliphatic carbocycles. The zero-order valence-corrected chi connectivity index (χ0v) is 15.0. The first-order valence-electron chi connectivity index (χ1n) is 7.73. The van der Waals surface area contributed by atoms with Crippen molar-refractivity contribution in [3.05, 3.63) is 35.4 Å². The maximum atomic E-state index is 12.8. The Labute approximate surface area is 145 Å². The first kappa shape index (κ1) is 16.7. The fraction of sp³-hybridized carbons (Fsp3) is 0.529. The molecule has 3 rings (SSSR count). The molecular weight excluding hydrogens is 330 g/mol. The third-order valence-corrected chi connectivity index (χ3v) is 7.50. The number of benzene rings is 1. The van der Waals surface area contributed by atoms with Gasteiger partial charge in [0.25, 0.3) is 0 Å². The minimum absolute atomic E-state index is 0.0405. The number of hydrogen-bond acceptors (Lipinski definition) is 4. The van der Waals surface area contributed by atoms with E-state index < -0.39 is 5.97 Å². The molecule has 6 heteroatoms. The Hall–Kier alpha value is -1.14. The van der Waals surface area contributed by atoms with Gasteiger partial charge < -0.3 is 10.0 Å². The third-order valence-electron chi connectivity index (χ3n) is 4.71. The van der Waals surface area contributed by atoms with Crippen LogP contribution in [-0.4, -0.2) is 43.5 Å². The average molecular weight is 351 g/mol. The van der Waals surface area contributed by atoms with Crippen LogP contribution < -0.4 is 0 Å². The molecule has 0 saturated carbocycles. The van der Waals surface area contributed by atoms with E-state index in [9.17, 15) is 9.59 Å². The number of carbonyl (C=O) groups excluding carboxylic acids is 1. The van der Waals surface area contributed by atoms with E-state index in [-0.39, 0.29) is 28.2 Å². The molecule has 4 nitrogen and oxygen atoms in total. The van der Waals surface area contributed by atoms with Crippen molar-refractivity contribution in [1.29, 1.82) is 0 Å². The largest absolute Gasteiger partial charge is 0.478 e. The molecule has 23 heavy (non-hydrogen) atoms. The predicted molar refractivity (Wildman–Crippen MR) is 94.8 cm³/mol. The fourth-order valence-electron chi connectivity index (χ4n) is 3.30. The van der Waals surface area contributed by atoms with Gasteiger partial charge in [0.15, 0.2) is 0 Å². The van der Waals surface area contributed by atoms with Crippen LogP contribution in [0.2, 0.25) is 0 Å². The molecule has 2 aliphatic rings. The van der Waals surface area contributed by atoms with Crippen LogP contribution in [0.25, 0.3) is 0 Å². The number of carboxylic acid groups (broad SMARTS) is 1. The zero-order chi connectivity index (χ0) is 16.6. The Morgan fingerprint density at radius 2 is 2.04 bits per heavy atom. The van der Waals surface area contributed by atoms with Gasteiger partial charge >= 0.3 is 5.97 Å². The SMILES string of the molecule is CC1(C)SCSCC2CC1N(Cc1ccc(C(=O)O)cc1)C2=O. The van der Waals surface area contributed by atoms with Crippen molar-refractivity contribution in [3.63, 3.8) is 0 Å². The van der Waals surface area contributed by atoms with Gasteiger partial charge in [-0.2, -0.15) is 11.8 Å². The summed E-state index contributed by atoms with van der Waals surface area (Å²) in [5, 5.41) is 10.0. The van der Waals surface area contributed by atoms with Crippen LogP contribution in [0.5, 0.6) is 0 Å². The number of hydrogen-bond donors (Lipinski definition) is 1. The summed E-state index contributed by atoms with van der Waals surface area (Å²) in [6, 6.07) is 7.09. The lowest BCUT2D eigenvalue weighted by Crippen LogP contribution is -2.44. The van der Waals surface area contributed by atoms with E-state index in [1.54, 1.807) is 12.1 Å². The van der Waals surface area contributed by atoms with E-state index in [1.807, 2.05) is 40.6 Å². The van der Waals surface area contributed by atoms with Crippen molar-refractivity contribution < 1.29 is 14.7 Å². The van der Waals surface area contributed by atoms with Crippen LogP contribution in [0, 0.1) is 5.92 Å². The molecule has 2 heterocycles. The Kier molecular flexibility index (Phi) is 4.65. The predicted octanol–water partition coefficient (Wildman–Crippen LogP) is 3.32. The summed E-state index contributed by atoms with van der Waals surface area (Å²) < 4.78 is 0.0405. The zero-order valence-electron chi connectivity index (χ0n) is 13.3. The van der Waals surface area contributed by atoms with Gasteiger partial charge in [-0.15, -0.1) is 11.8 Å². The van der Waals surface area contributed by atoms with Crippen LogP contribution in [0.4, 0.5) is 0 Å². The molecule has 0 radical (unpaired) electrons. The molecule has 1 N–H and O–H groups in total. The van der Waals surface area contributed by atoms with Crippen molar-refractivity contribution in [2.45, 2.75) is 37.6 Å². The van der Waals surface area contributed by atoms with E-state index in [2.05, 4.69) is 13.8 Å². The molecule has 2 fully saturated rings. The molecule has 2 bridgehead atoms. The number of carbonyl (C=O) groups is 2. The quantitative estimate of drug-likeness (QED) is 0.905. The molecule has 2 atom stereocenters. The first-order valence-corrected chi connectivity index (χ1v) is 9.87. The molecule has 124 valence electrons. The number of thioether (sulfide) groups is 2. The lowest BCUT2D eigenvalue weighted by molar-refractivity contribution is -0.132. The number of aromatic carboxylic acids is 1. The fourth-order valence-corrected chi connectivity index (χ4v) is 6.21. The van der Waals surface area contributed by atoms with Crippen LogP contribution in [0.3, 0.4) is 0 Å². The van der Waals surface area contributed by atoms with Crippen molar-refractivity contribution >= 4 is 35.4 Å². The smallest absolute Gasteiger partial charge is 0.335 e. The topological polar surface area (TPSA) is 57.6 Å². The third kappa shape index (κ3) is 3.38. The van der Waals surface area contributed by atoms with Crippen molar-refractivity contribution in [2.24, 2.45) is 5.92 Å². The van der Waals surface area contributed by atoms with Gasteiger partial charge in [0.1, 0.15) is 0 Å². The summed E-state index contributed by atoms with van der Waals surface area (Å²) in [5.74, 6) is 0.364. The number of rotatable bonds is 3. The lowest BCUT2D eigenvalue weighted by Gasteiger charge is -2.37. The Balaban J connectivity index is 1.82. The number of likely N-dealkylation sites (tertiary alicyclic amines) is 1.